The topological polar surface area (TPSA) is 75.6 Å². The van der Waals surface area contributed by atoms with E-state index in [2.05, 4.69) is 17.4 Å². The van der Waals surface area contributed by atoms with E-state index in [-0.39, 0.29) is 18.3 Å². The van der Waals surface area contributed by atoms with Crippen molar-refractivity contribution >= 4 is 33.7 Å². The SMILES string of the molecule is CCSSC[C@H](NC(=O)OCC1c2ccccc2-c2ccccc21)C(=O)O. The van der Waals surface area contributed by atoms with Gasteiger partial charge in [-0.1, -0.05) is 77.0 Å². The Balaban J connectivity index is 1.64. The quantitative estimate of drug-likeness (QED) is 0.503. The van der Waals surface area contributed by atoms with Crippen LogP contribution in [0, 0.1) is 0 Å². The summed E-state index contributed by atoms with van der Waals surface area (Å²) < 4.78 is 5.40. The van der Waals surface area contributed by atoms with Gasteiger partial charge in [-0.15, -0.1) is 0 Å². The normalized spacial score (nSPS) is 13.5. The monoisotopic (exact) mass is 403 g/mol. The second-order valence-corrected chi connectivity index (χ2v) is 8.85. The smallest absolute Gasteiger partial charge is 0.407 e. The summed E-state index contributed by atoms with van der Waals surface area (Å²) in [5, 5.41) is 11.7. The molecule has 1 amide bonds. The zero-order valence-electron chi connectivity index (χ0n) is 14.9. The minimum absolute atomic E-state index is 0.0450. The van der Waals surface area contributed by atoms with Gasteiger partial charge in [0.05, 0.1) is 0 Å². The Morgan fingerprint density at radius 1 is 1.07 bits per heavy atom. The average molecular weight is 404 g/mol. The zero-order valence-corrected chi connectivity index (χ0v) is 16.5. The summed E-state index contributed by atoms with van der Waals surface area (Å²) in [6, 6.07) is 15.2. The van der Waals surface area contributed by atoms with Crippen molar-refractivity contribution in [2.24, 2.45) is 0 Å². The molecule has 0 saturated heterocycles. The van der Waals surface area contributed by atoms with Crippen molar-refractivity contribution < 1.29 is 19.4 Å². The molecule has 5 nitrogen and oxygen atoms in total. The number of amides is 1. The van der Waals surface area contributed by atoms with Crippen LogP contribution in [0.3, 0.4) is 0 Å². The minimum atomic E-state index is -1.06. The number of aliphatic carboxylic acids is 1. The highest BCUT2D eigenvalue weighted by Gasteiger charge is 2.29. The molecule has 0 heterocycles. The van der Waals surface area contributed by atoms with E-state index in [1.807, 2.05) is 43.3 Å². The number of carboxylic acid groups (broad SMARTS) is 1. The Bertz CT molecular complexity index is 782. The van der Waals surface area contributed by atoms with E-state index in [0.717, 1.165) is 28.0 Å². The van der Waals surface area contributed by atoms with Crippen LogP contribution in [0.25, 0.3) is 11.1 Å². The predicted octanol–water partition coefficient (Wildman–Crippen LogP) is 4.38. The van der Waals surface area contributed by atoms with Crippen LogP contribution in [0.2, 0.25) is 0 Å². The van der Waals surface area contributed by atoms with Gasteiger partial charge in [0.15, 0.2) is 0 Å². The number of fused-ring (bicyclic) bond motifs is 3. The summed E-state index contributed by atoms with van der Waals surface area (Å²) in [4.78, 5) is 23.5. The average Bonchev–Trinajstić information content (AvgIpc) is 2.99. The Hall–Kier alpha value is -2.12. The van der Waals surface area contributed by atoms with Crippen LogP contribution in [0.15, 0.2) is 48.5 Å². The number of hydrogen-bond acceptors (Lipinski definition) is 5. The van der Waals surface area contributed by atoms with E-state index >= 15 is 0 Å². The molecule has 1 aliphatic carbocycles. The molecule has 0 aliphatic heterocycles. The molecule has 142 valence electrons. The summed E-state index contributed by atoms with van der Waals surface area (Å²) in [6.07, 6.45) is -0.702. The van der Waals surface area contributed by atoms with E-state index in [4.69, 9.17) is 4.74 Å². The van der Waals surface area contributed by atoms with E-state index in [0.29, 0.717) is 0 Å². The first-order valence-corrected chi connectivity index (χ1v) is 11.2. The molecule has 1 atom stereocenters. The molecule has 0 unspecified atom stereocenters. The van der Waals surface area contributed by atoms with E-state index in [1.165, 1.54) is 10.8 Å². The largest absolute Gasteiger partial charge is 0.480 e. The number of nitrogens with one attached hydrogen (secondary N) is 1. The molecule has 2 N–H and O–H groups in total. The number of ether oxygens (including phenoxy) is 1. The standard InChI is InChI=1S/C20H21NO4S2/c1-2-26-27-12-18(19(22)23)21-20(24)25-11-17-15-9-5-3-7-13(15)14-8-4-6-10-16(14)17/h3-10,17-18H,2,11-12H2,1H3,(H,21,24)(H,22,23)/t18-/m0/s1. The number of carboxylic acids is 1. The lowest BCUT2D eigenvalue weighted by molar-refractivity contribution is -0.138. The third-order valence-corrected chi connectivity index (χ3v) is 6.86. The van der Waals surface area contributed by atoms with Crippen LogP contribution in [0.4, 0.5) is 4.79 Å². The first-order valence-electron chi connectivity index (χ1n) is 8.70. The van der Waals surface area contributed by atoms with Crippen LogP contribution in [-0.2, 0) is 9.53 Å². The fourth-order valence-corrected chi connectivity index (χ4v) is 4.98. The van der Waals surface area contributed by atoms with Crippen molar-refractivity contribution in [3.05, 3.63) is 59.7 Å². The third kappa shape index (κ3) is 4.59. The van der Waals surface area contributed by atoms with Crippen molar-refractivity contribution in [1.29, 1.82) is 0 Å². The minimum Gasteiger partial charge on any atom is -0.480 e. The number of carbonyl (C=O) groups excluding carboxylic acids is 1. The summed E-state index contributed by atoms with van der Waals surface area (Å²) in [7, 11) is 2.98. The second-order valence-electron chi connectivity index (χ2n) is 6.05. The molecule has 1 aliphatic rings. The highest BCUT2D eigenvalue weighted by Crippen LogP contribution is 2.44. The van der Waals surface area contributed by atoms with Crippen molar-refractivity contribution in [3.63, 3.8) is 0 Å². The Morgan fingerprint density at radius 2 is 1.67 bits per heavy atom. The van der Waals surface area contributed by atoms with Gasteiger partial charge in [0.1, 0.15) is 12.6 Å². The number of hydrogen-bond donors (Lipinski definition) is 2. The molecule has 27 heavy (non-hydrogen) atoms. The third-order valence-electron chi connectivity index (χ3n) is 4.37. The van der Waals surface area contributed by atoms with Gasteiger partial charge >= 0.3 is 12.1 Å². The first-order chi connectivity index (χ1) is 13.1. The molecule has 0 saturated carbocycles. The maximum absolute atomic E-state index is 12.2. The number of rotatable bonds is 8. The van der Waals surface area contributed by atoms with Crippen LogP contribution in [0.1, 0.15) is 24.0 Å². The molecule has 0 bridgehead atoms. The second kappa shape index (κ2) is 9.19. The first kappa shape index (κ1) is 19.6. The van der Waals surface area contributed by atoms with Crippen molar-refractivity contribution in [2.45, 2.75) is 18.9 Å². The summed E-state index contributed by atoms with van der Waals surface area (Å²) in [5.41, 5.74) is 4.55. The molecule has 3 rings (SSSR count). The van der Waals surface area contributed by atoms with Gasteiger partial charge in [0.2, 0.25) is 0 Å². The highest BCUT2D eigenvalue weighted by molar-refractivity contribution is 8.76. The van der Waals surface area contributed by atoms with Gasteiger partial charge in [-0.3, -0.25) is 0 Å². The summed E-state index contributed by atoms with van der Waals surface area (Å²) >= 11 is 0. The summed E-state index contributed by atoms with van der Waals surface area (Å²) in [5.74, 6) is 0.0594. The van der Waals surface area contributed by atoms with Crippen LogP contribution >= 0.6 is 21.6 Å². The summed E-state index contributed by atoms with van der Waals surface area (Å²) in [6.45, 7) is 2.16. The van der Waals surface area contributed by atoms with Gasteiger partial charge in [-0.25, -0.2) is 9.59 Å². The van der Waals surface area contributed by atoms with Crippen LogP contribution in [-0.4, -0.2) is 41.3 Å². The fraction of sp³-hybridized carbons (Fsp3) is 0.300. The van der Waals surface area contributed by atoms with E-state index in [9.17, 15) is 14.7 Å². The number of benzene rings is 2. The molecular formula is C20H21NO4S2. The zero-order chi connectivity index (χ0) is 19.2. The maximum Gasteiger partial charge on any atom is 0.407 e. The highest BCUT2D eigenvalue weighted by atomic mass is 33.1. The van der Waals surface area contributed by atoms with Crippen LogP contribution in [0.5, 0.6) is 0 Å². The molecular weight excluding hydrogens is 382 g/mol. The van der Waals surface area contributed by atoms with Crippen molar-refractivity contribution in [2.75, 3.05) is 18.1 Å². The van der Waals surface area contributed by atoms with E-state index in [1.54, 1.807) is 10.8 Å². The fourth-order valence-electron chi connectivity index (χ4n) is 3.16. The lowest BCUT2D eigenvalue weighted by Gasteiger charge is -2.17. The molecule has 2 aromatic rings. The van der Waals surface area contributed by atoms with Crippen molar-refractivity contribution in [1.82, 2.24) is 5.32 Å². The van der Waals surface area contributed by atoms with E-state index < -0.39 is 18.1 Å². The Kier molecular flexibility index (Phi) is 6.68. The lowest BCUT2D eigenvalue weighted by atomic mass is 9.98. The number of carbonyl (C=O) groups is 2. The van der Waals surface area contributed by atoms with Gasteiger partial charge in [-0.05, 0) is 22.3 Å². The predicted molar refractivity (Wildman–Crippen MR) is 110 cm³/mol. The molecule has 0 radical (unpaired) electrons. The maximum atomic E-state index is 12.2. The lowest BCUT2D eigenvalue weighted by Crippen LogP contribution is -2.43. The van der Waals surface area contributed by atoms with Crippen LogP contribution < -0.4 is 5.32 Å². The Labute approximate surface area is 166 Å². The number of alkyl carbamates (subject to hydrolysis) is 1. The molecule has 0 fully saturated rings. The van der Waals surface area contributed by atoms with Gasteiger partial charge in [0.25, 0.3) is 0 Å². The molecule has 2 aromatic carbocycles. The molecule has 0 spiro atoms. The van der Waals surface area contributed by atoms with Crippen molar-refractivity contribution in [3.8, 4) is 11.1 Å². The van der Waals surface area contributed by atoms with Gasteiger partial charge in [-0.2, -0.15) is 0 Å². The van der Waals surface area contributed by atoms with Gasteiger partial charge < -0.3 is 15.2 Å². The van der Waals surface area contributed by atoms with Gasteiger partial charge in [0, 0.05) is 17.4 Å². The Morgan fingerprint density at radius 3 is 2.22 bits per heavy atom. The molecule has 0 aromatic heterocycles. The molecule has 7 heteroatoms.